The molecule has 2 nitrogen and oxygen atoms in total. The van der Waals surface area contributed by atoms with Crippen molar-refractivity contribution in [1.82, 2.24) is 0 Å². The molecular formula is C7H5Br3O2S. The van der Waals surface area contributed by atoms with Crippen molar-refractivity contribution in [2.45, 2.75) is 5.33 Å². The lowest BCUT2D eigenvalue weighted by Gasteiger charge is -1.97. The molecule has 0 bridgehead atoms. The zero-order valence-electron chi connectivity index (χ0n) is 6.57. The van der Waals surface area contributed by atoms with E-state index >= 15 is 0 Å². The Morgan fingerprint density at radius 2 is 2.15 bits per heavy atom. The van der Waals surface area contributed by atoms with Crippen LogP contribution in [0.4, 0.5) is 0 Å². The molecule has 1 aromatic heterocycles. The number of carbonyl (C=O) groups excluding carboxylic acids is 1. The van der Waals surface area contributed by atoms with E-state index in [9.17, 15) is 4.79 Å². The number of ether oxygens (including phenoxy) is 1. The summed E-state index contributed by atoms with van der Waals surface area (Å²) in [5.41, 5.74) is 0.920. The van der Waals surface area contributed by atoms with Gasteiger partial charge in [-0.25, -0.2) is 4.79 Å². The maximum Gasteiger partial charge on any atom is 0.348 e. The van der Waals surface area contributed by atoms with Crippen LogP contribution in [0.2, 0.25) is 0 Å². The Hall–Kier alpha value is 0.610. The molecule has 0 atom stereocenters. The van der Waals surface area contributed by atoms with Crippen molar-refractivity contribution < 1.29 is 9.53 Å². The van der Waals surface area contributed by atoms with Crippen molar-refractivity contribution in [2.24, 2.45) is 0 Å². The quantitative estimate of drug-likeness (QED) is 0.562. The topological polar surface area (TPSA) is 26.3 Å². The average Bonchev–Trinajstić information content (AvgIpc) is 2.42. The first-order chi connectivity index (χ1) is 6.11. The molecule has 0 fully saturated rings. The van der Waals surface area contributed by atoms with Gasteiger partial charge in [0.1, 0.15) is 4.88 Å². The van der Waals surface area contributed by atoms with Crippen molar-refractivity contribution in [3.63, 3.8) is 0 Å². The second kappa shape index (κ2) is 4.91. The second-order valence-electron chi connectivity index (χ2n) is 2.12. The molecule has 0 aliphatic heterocycles. The summed E-state index contributed by atoms with van der Waals surface area (Å²) in [4.78, 5) is 11.9. The summed E-state index contributed by atoms with van der Waals surface area (Å²) in [6.07, 6.45) is 0. The number of methoxy groups -OCH3 is 1. The van der Waals surface area contributed by atoms with Crippen molar-refractivity contribution in [3.05, 3.63) is 18.7 Å². The monoisotopic (exact) mass is 390 g/mol. The fourth-order valence-corrected chi connectivity index (χ4v) is 4.21. The van der Waals surface area contributed by atoms with E-state index in [1.54, 1.807) is 0 Å². The highest BCUT2D eigenvalue weighted by Crippen LogP contribution is 2.38. The molecule has 0 amide bonds. The minimum atomic E-state index is -0.300. The number of rotatable bonds is 2. The first-order valence-corrected chi connectivity index (χ1v) is 6.75. The predicted molar refractivity (Wildman–Crippen MR) is 63.7 cm³/mol. The SMILES string of the molecule is COC(=O)c1sc(Br)c(Br)c1CBr. The van der Waals surface area contributed by atoms with Crippen molar-refractivity contribution >= 4 is 65.1 Å². The number of thiophene rings is 1. The van der Waals surface area contributed by atoms with Gasteiger partial charge < -0.3 is 4.74 Å². The molecule has 0 spiro atoms. The predicted octanol–water partition coefficient (Wildman–Crippen LogP) is 3.95. The van der Waals surface area contributed by atoms with E-state index in [0.29, 0.717) is 10.2 Å². The normalized spacial score (nSPS) is 10.2. The van der Waals surface area contributed by atoms with Crippen LogP contribution in [0.15, 0.2) is 8.26 Å². The van der Waals surface area contributed by atoms with Gasteiger partial charge in [0, 0.05) is 15.4 Å². The van der Waals surface area contributed by atoms with Crippen molar-refractivity contribution in [2.75, 3.05) is 7.11 Å². The van der Waals surface area contributed by atoms with Crippen LogP contribution in [-0.2, 0) is 10.1 Å². The van der Waals surface area contributed by atoms with E-state index < -0.39 is 0 Å². The molecule has 0 aliphatic rings. The number of carbonyl (C=O) groups is 1. The van der Waals surface area contributed by atoms with Gasteiger partial charge >= 0.3 is 5.97 Å². The number of alkyl halides is 1. The molecule has 0 aliphatic carbocycles. The first-order valence-electron chi connectivity index (χ1n) is 3.22. The van der Waals surface area contributed by atoms with Gasteiger partial charge in [0.2, 0.25) is 0 Å². The maximum atomic E-state index is 11.3. The smallest absolute Gasteiger partial charge is 0.348 e. The van der Waals surface area contributed by atoms with Gasteiger partial charge in [-0.05, 0) is 31.9 Å². The molecule has 0 saturated carbocycles. The van der Waals surface area contributed by atoms with E-state index in [1.807, 2.05) is 0 Å². The molecule has 0 N–H and O–H groups in total. The van der Waals surface area contributed by atoms with Gasteiger partial charge in [-0.2, -0.15) is 0 Å². The number of esters is 1. The number of hydrogen-bond acceptors (Lipinski definition) is 3. The third-order valence-corrected chi connectivity index (χ3v) is 5.52. The first kappa shape index (κ1) is 11.7. The van der Waals surface area contributed by atoms with Crippen LogP contribution in [0.3, 0.4) is 0 Å². The molecule has 0 radical (unpaired) electrons. The largest absolute Gasteiger partial charge is 0.465 e. The van der Waals surface area contributed by atoms with E-state index in [1.165, 1.54) is 18.4 Å². The molecule has 72 valence electrons. The summed E-state index contributed by atoms with van der Waals surface area (Å²) in [5.74, 6) is -0.300. The van der Waals surface area contributed by atoms with Gasteiger partial charge in [-0.15, -0.1) is 11.3 Å². The average molecular weight is 393 g/mol. The fraction of sp³-hybridized carbons (Fsp3) is 0.286. The van der Waals surface area contributed by atoms with Gasteiger partial charge in [0.15, 0.2) is 0 Å². The third-order valence-electron chi connectivity index (χ3n) is 1.41. The lowest BCUT2D eigenvalue weighted by atomic mass is 10.3. The highest BCUT2D eigenvalue weighted by molar-refractivity contribution is 9.13. The zero-order valence-corrected chi connectivity index (χ0v) is 12.1. The van der Waals surface area contributed by atoms with Crippen LogP contribution < -0.4 is 0 Å². The second-order valence-corrected chi connectivity index (χ2v) is 5.81. The van der Waals surface area contributed by atoms with Gasteiger partial charge in [-0.1, -0.05) is 15.9 Å². The van der Waals surface area contributed by atoms with Crippen molar-refractivity contribution in [1.29, 1.82) is 0 Å². The Bertz CT molecular complexity index is 335. The lowest BCUT2D eigenvalue weighted by molar-refractivity contribution is 0.0605. The molecule has 1 rings (SSSR count). The highest BCUT2D eigenvalue weighted by atomic mass is 79.9. The molecule has 1 aromatic rings. The summed E-state index contributed by atoms with van der Waals surface area (Å²) < 4.78 is 6.47. The molecule has 0 unspecified atom stereocenters. The molecule has 0 saturated heterocycles. The standard InChI is InChI=1S/C7H5Br3O2S/c1-12-7(11)5-3(2-8)4(9)6(10)13-5/h2H2,1H3. The van der Waals surface area contributed by atoms with Gasteiger partial charge in [0.25, 0.3) is 0 Å². The minimum absolute atomic E-state index is 0.300. The highest BCUT2D eigenvalue weighted by Gasteiger charge is 2.19. The van der Waals surface area contributed by atoms with Crippen LogP contribution in [-0.4, -0.2) is 13.1 Å². The Labute approximate surface area is 105 Å². The molecule has 13 heavy (non-hydrogen) atoms. The Morgan fingerprint density at radius 3 is 2.62 bits per heavy atom. The molecule has 1 heterocycles. The maximum absolute atomic E-state index is 11.3. The minimum Gasteiger partial charge on any atom is -0.465 e. The van der Waals surface area contributed by atoms with Crippen LogP contribution in [0.5, 0.6) is 0 Å². The van der Waals surface area contributed by atoms with E-state index in [-0.39, 0.29) is 5.97 Å². The molecular weight excluding hydrogens is 388 g/mol. The van der Waals surface area contributed by atoms with Crippen LogP contribution in [0, 0.1) is 0 Å². The van der Waals surface area contributed by atoms with Crippen LogP contribution >= 0.6 is 59.1 Å². The summed E-state index contributed by atoms with van der Waals surface area (Å²) in [7, 11) is 1.38. The summed E-state index contributed by atoms with van der Waals surface area (Å²) in [6, 6.07) is 0. The van der Waals surface area contributed by atoms with E-state index in [2.05, 4.69) is 52.5 Å². The Morgan fingerprint density at radius 1 is 1.54 bits per heavy atom. The van der Waals surface area contributed by atoms with E-state index in [0.717, 1.165) is 13.8 Å². The van der Waals surface area contributed by atoms with Gasteiger partial charge in [0.05, 0.1) is 10.9 Å². The Kier molecular flexibility index (Phi) is 4.41. The van der Waals surface area contributed by atoms with Crippen molar-refractivity contribution in [3.8, 4) is 0 Å². The van der Waals surface area contributed by atoms with Gasteiger partial charge in [-0.3, -0.25) is 0 Å². The molecule has 0 aromatic carbocycles. The van der Waals surface area contributed by atoms with Crippen LogP contribution in [0.25, 0.3) is 0 Å². The number of halogens is 3. The summed E-state index contributed by atoms with van der Waals surface area (Å²) in [6.45, 7) is 0. The Balaban J connectivity index is 3.21. The zero-order chi connectivity index (χ0) is 10.0. The number of hydrogen-bond donors (Lipinski definition) is 0. The fourth-order valence-electron chi connectivity index (χ4n) is 0.791. The van der Waals surface area contributed by atoms with Crippen LogP contribution in [0.1, 0.15) is 15.2 Å². The summed E-state index contributed by atoms with van der Waals surface area (Å²) in [5, 5.41) is 0.625. The third kappa shape index (κ3) is 2.34. The summed E-state index contributed by atoms with van der Waals surface area (Å²) >= 11 is 11.4. The lowest BCUT2D eigenvalue weighted by Crippen LogP contribution is -2.00. The van der Waals surface area contributed by atoms with E-state index in [4.69, 9.17) is 0 Å². The molecule has 6 heteroatoms.